The van der Waals surface area contributed by atoms with Crippen LogP contribution in [0.15, 0.2) is 88.2 Å². The second kappa shape index (κ2) is 12.1. The third-order valence-corrected chi connectivity index (χ3v) is 8.26. The maximum Gasteiger partial charge on any atom is 0.264 e. The molecule has 0 aromatic heterocycles. The van der Waals surface area contributed by atoms with E-state index in [1.54, 1.807) is 49.4 Å². The van der Waals surface area contributed by atoms with Gasteiger partial charge in [-0.3, -0.25) is 13.9 Å². The molecule has 9 heteroatoms. The summed E-state index contributed by atoms with van der Waals surface area (Å²) in [5.74, 6) is -0.816. The molecule has 0 aliphatic carbocycles. The number of aryl methyl sites for hydroxylation is 1. The molecule has 202 valence electrons. The number of hydrogen-bond donors (Lipinski definition) is 1. The van der Waals surface area contributed by atoms with E-state index in [0.29, 0.717) is 10.2 Å². The Bertz CT molecular complexity index is 1390. The van der Waals surface area contributed by atoms with Crippen LogP contribution in [0, 0.1) is 6.92 Å². The molecule has 0 saturated heterocycles. The normalized spacial score (nSPS) is 12.5. The average molecular weight is 601 g/mol. The van der Waals surface area contributed by atoms with Gasteiger partial charge in [-0.1, -0.05) is 64.5 Å². The third-order valence-electron chi connectivity index (χ3n) is 5.97. The van der Waals surface area contributed by atoms with Crippen LogP contribution in [0.4, 0.5) is 5.69 Å². The summed E-state index contributed by atoms with van der Waals surface area (Å²) in [6, 6.07) is 21.5. The van der Waals surface area contributed by atoms with Crippen molar-refractivity contribution in [1.29, 1.82) is 0 Å². The first-order chi connectivity index (χ1) is 17.8. The minimum absolute atomic E-state index is 0.0664. The molecule has 0 spiro atoms. The number of carbonyl (C=O) groups is 2. The zero-order valence-electron chi connectivity index (χ0n) is 22.3. The first kappa shape index (κ1) is 29.4. The predicted octanol–water partition coefficient (Wildman–Crippen LogP) is 5.28. The van der Waals surface area contributed by atoms with Gasteiger partial charge in [-0.05, 0) is 76.1 Å². The van der Waals surface area contributed by atoms with Gasteiger partial charge in [-0.25, -0.2) is 8.42 Å². The molecule has 2 amide bonds. The van der Waals surface area contributed by atoms with Gasteiger partial charge >= 0.3 is 0 Å². The van der Waals surface area contributed by atoms with Crippen LogP contribution in [0.5, 0.6) is 0 Å². The first-order valence-corrected chi connectivity index (χ1v) is 14.5. The van der Waals surface area contributed by atoms with E-state index in [1.165, 1.54) is 17.0 Å². The zero-order valence-corrected chi connectivity index (χ0v) is 24.7. The number of hydrogen-bond acceptors (Lipinski definition) is 4. The van der Waals surface area contributed by atoms with Crippen molar-refractivity contribution >= 4 is 43.5 Å². The lowest BCUT2D eigenvalue weighted by molar-refractivity contribution is -0.140. The maximum atomic E-state index is 13.9. The Labute approximate surface area is 234 Å². The van der Waals surface area contributed by atoms with Crippen LogP contribution in [0.3, 0.4) is 0 Å². The Morgan fingerprint density at radius 2 is 1.58 bits per heavy atom. The molecule has 1 N–H and O–H groups in total. The molecule has 0 heterocycles. The highest BCUT2D eigenvalue weighted by molar-refractivity contribution is 9.10. The van der Waals surface area contributed by atoms with E-state index in [4.69, 9.17) is 0 Å². The van der Waals surface area contributed by atoms with Crippen LogP contribution in [-0.2, 0) is 26.2 Å². The van der Waals surface area contributed by atoms with E-state index >= 15 is 0 Å². The fourth-order valence-corrected chi connectivity index (χ4v) is 5.72. The Morgan fingerprint density at radius 1 is 0.947 bits per heavy atom. The Morgan fingerprint density at radius 3 is 2.18 bits per heavy atom. The van der Waals surface area contributed by atoms with Gasteiger partial charge < -0.3 is 10.2 Å². The number of sulfonamides is 1. The number of halogens is 1. The number of anilines is 1. The van der Waals surface area contributed by atoms with Gasteiger partial charge in [0.25, 0.3) is 10.0 Å². The van der Waals surface area contributed by atoms with Gasteiger partial charge in [0.15, 0.2) is 0 Å². The summed E-state index contributed by atoms with van der Waals surface area (Å²) >= 11 is 3.40. The fraction of sp³-hybridized carbons (Fsp3) is 0.310. The molecule has 0 fully saturated rings. The molecule has 38 heavy (non-hydrogen) atoms. The molecule has 3 aromatic rings. The lowest BCUT2D eigenvalue weighted by Crippen LogP contribution is -2.54. The summed E-state index contributed by atoms with van der Waals surface area (Å²) in [5.41, 5.74) is 1.67. The van der Waals surface area contributed by atoms with Crippen molar-refractivity contribution in [3.05, 3.63) is 94.5 Å². The first-order valence-electron chi connectivity index (χ1n) is 12.3. The largest absolute Gasteiger partial charge is 0.350 e. The van der Waals surface area contributed by atoms with Gasteiger partial charge in [0.2, 0.25) is 11.8 Å². The Balaban J connectivity index is 2.04. The van der Waals surface area contributed by atoms with Gasteiger partial charge in [-0.2, -0.15) is 0 Å². The summed E-state index contributed by atoms with van der Waals surface area (Å²) in [5, 5.41) is 2.93. The molecule has 0 aliphatic heterocycles. The van der Waals surface area contributed by atoms with E-state index in [2.05, 4.69) is 21.2 Å². The summed E-state index contributed by atoms with van der Waals surface area (Å²) in [4.78, 5) is 28.6. The van der Waals surface area contributed by atoms with Crippen molar-refractivity contribution in [2.24, 2.45) is 0 Å². The van der Waals surface area contributed by atoms with Gasteiger partial charge in [-0.15, -0.1) is 0 Å². The number of rotatable bonds is 9. The summed E-state index contributed by atoms with van der Waals surface area (Å²) in [7, 11) is -4.09. The van der Waals surface area contributed by atoms with Gasteiger partial charge in [0.05, 0.1) is 10.6 Å². The monoisotopic (exact) mass is 599 g/mol. The number of benzene rings is 3. The molecule has 1 unspecified atom stereocenters. The topological polar surface area (TPSA) is 86.8 Å². The van der Waals surface area contributed by atoms with Crippen molar-refractivity contribution in [2.75, 3.05) is 10.8 Å². The summed E-state index contributed by atoms with van der Waals surface area (Å²) in [6.07, 6.45) is 0. The lowest BCUT2D eigenvalue weighted by Gasteiger charge is -2.33. The van der Waals surface area contributed by atoms with Crippen LogP contribution in [0.2, 0.25) is 0 Å². The standard InChI is InChI=1S/C29H34BrN3O4S/c1-21-12-9-10-13-23(21)19-32(22(2)28(35)31-29(3,4)5)27(34)20-33(25-15-11-14-24(30)18-25)38(36,37)26-16-7-6-8-17-26/h6-18,22H,19-20H2,1-5H3,(H,31,35). The second-order valence-electron chi connectivity index (χ2n) is 10.2. The Hall–Kier alpha value is -3.17. The molecular formula is C29H34BrN3O4S. The van der Waals surface area contributed by atoms with Crippen molar-refractivity contribution < 1.29 is 18.0 Å². The smallest absolute Gasteiger partial charge is 0.264 e. The fourth-order valence-electron chi connectivity index (χ4n) is 3.91. The van der Waals surface area contributed by atoms with Crippen LogP contribution in [0.1, 0.15) is 38.8 Å². The van der Waals surface area contributed by atoms with Crippen molar-refractivity contribution in [2.45, 2.75) is 57.6 Å². The summed E-state index contributed by atoms with van der Waals surface area (Å²) in [6.45, 7) is 8.87. The van der Waals surface area contributed by atoms with E-state index in [9.17, 15) is 18.0 Å². The van der Waals surface area contributed by atoms with E-state index in [1.807, 2.05) is 52.0 Å². The summed E-state index contributed by atoms with van der Waals surface area (Å²) < 4.78 is 29.3. The van der Waals surface area contributed by atoms with Crippen LogP contribution in [0.25, 0.3) is 0 Å². The van der Waals surface area contributed by atoms with Gasteiger partial charge in [0, 0.05) is 16.6 Å². The quantitative estimate of drug-likeness (QED) is 0.362. The molecule has 0 radical (unpaired) electrons. The average Bonchev–Trinajstić information content (AvgIpc) is 2.85. The lowest BCUT2D eigenvalue weighted by atomic mass is 10.1. The minimum atomic E-state index is -4.09. The van der Waals surface area contributed by atoms with Crippen molar-refractivity contribution in [1.82, 2.24) is 10.2 Å². The highest BCUT2D eigenvalue weighted by Gasteiger charge is 2.33. The van der Waals surface area contributed by atoms with E-state index in [-0.39, 0.29) is 17.3 Å². The van der Waals surface area contributed by atoms with Crippen LogP contribution < -0.4 is 9.62 Å². The number of nitrogens with zero attached hydrogens (tertiary/aromatic N) is 2. The highest BCUT2D eigenvalue weighted by Crippen LogP contribution is 2.27. The third kappa shape index (κ3) is 7.45. The number of nitrogens with one attached hydrogen (secondary N) is 1. The molecule has 7 nitrogen and oxygen atoms in total. The van der Waals surface area contributed by atoms with Gasteiger partial charge in [0.1, 0.15) is 12.6 Å². The molecule has 1 atom stereocenters. The molecule has 0 aliphatic rings. The van der Waals surface area contributed by atoms with E-state index in [0.717, 1.165) is 15.4 Å². The second-order valence-corrected chi connectivity index (χ2v) is 12.9. The van der Waals surface area contributed by atoms with Crippen molar-refractivity contribution in [3.63, 3.8) is 0 Å². The molecule has 3 rings (SSSR count). The highest BCUT2D eigenvalue weighted by atomic mass is 79.9. The maximum absolute atomic E-state index is 13.9. The molecule has 0 saturated carbocycles. The zero-order chi connectivity index (χ0) is 28.1. The van der Waals surface area contributed by atoms with E-state index < -0.39 is 34.1 Å². The van der Waals surface area contributed by atoms with Crippen LogP contribution >= 0.6 is 15.9 Å². The number of carbonyl (C=O) groups excluding carboxylic acids is 2. The predicted molar refractivity (Wildman–Crippen MR) is 154 cm³/mol. The van der Waals surface area contributed by atoms with Crippen molar-refractivity contribution in [3.8, 4) is 0 Å². The Kier molecular flexibility index (Phi) is 9.38. The van der Waals surface area contributed by atoms with Crippen LogP contribution in [-0.4, -0.2) is 43.3 Å². The minimum Gasteiger partial charge on any atom is -0.350 e. The molecule has 3 aromatic carbocycles. The molecule has 0 bridgehead atoms. The molecular weight excluding hydrogens is 566 g/mol. The number of amides is 2. The SMILES string of the molecule is Cc1ccccc1CN(C(=O)CN(c1cccc(Br)c1)S(=O)(=O)c1ccccc1)C(C)C(=O)NC(C)(C)C.